The predicted molar refractivity (Wildman–Crippen MR) is 118 cm³/mol. The maximum atomic E-state index is 13.0. The largest absolute Gasteiger partial charge is 0.355 e. The number of hydrogen-bond acceptors (Lipinski definition) is 4. The van der Waals surface area contributed by atoms with Gasteiger partial charge in [0.05, 0.1) is 5.92 Å². The third-order valence-electron chi connectivity index (χ3n) is 6.46. The maximum Gasteiger partial charge on any atom is 0.253 e. The van der Waals surface area contributed by atoms with E-state index >= 15 is 0 Å². The van der Waals surface area contributed by atoms with E-state index in [1.165, 1.54) is 11.1 Å². The van der Waals surface area contributed by atoms with Crippen molar-refractivity contribution in [2.75, 3.05) is 37.6 Å². The minimum Gasteiger partial charge on any atom is -0.355 e. The summed E-state index contributed by atoms with van der Waals surface area (Å²) in [4.78, 5) is 34.0. The average Bonchev–Trinajstić information content (AvgIpc) is 3.08. The molecule has 0 bridgehead atoms. The second-order valence-corrected chi connectivity index (χ2v) is 8.63. The Hall–Kier alpha value is -2.89. The summed E-state index contributed by atoms with van der Waals surface area (Å²) in [5, 5.41) is 2.91. The molecule has 2 aliphatic rings. The number of amides is 2. The van der Waals surface area contributed by atoms with E-state index in [4.69, 9.17) is 4.98 Å². The molecule has 2 aliphatic heterocycles. The molecule has 0 saturated carbocycles. The van der Waals surface area contributed by atoms with E-state index in [1.807, 2.05) is 36.1 Å². The van der Waals surface area contributed by atoms with Crippen molar-refractivity contribution in [3.05, 3.63) is 58.3 Å². The molecule has 1 aromatic carbocycles. The molecule has 6 nitrogen and oxygen atoms in total. The highest BCUT2D eigenvalue weighted by Gasteiger charge is 2.33. The van der Waals surface area contributed by atoms with Gasteiger partial charge in [-0.25, -0.2) is 4.98 Å². The quantitative estimate of drug-likeness (QED) is 0.851. The number of piperazine rings is 1. The lowest BCUT2D eigenvalue weighted by Gasteiger charge is -2.36. The topological polar surface area (TPSA) is 65.5 Å². The minimum absolute atomic E-state index is 0.0508. The zero-order valence-electron chi connectivity index (χ0n) is 18.2. The summed E-state index contributed by atoms with van der Waals surface area (Å²) in [6.07, 6.45) is 0. The number of pyridine rings is 1. The molecule has 2 atom stereocenters. The molecule has 6 heteroatoms. The van der Waals surface area contributed by atoms with Crippen LogP contribution in [0.15, 0.2) is 30.3 Å². The fourth-order valence-corrected chi connectivity index (χ4v) is 4.51. The van der Waals surface area contributed by atoms with Crippen molar-refractivity contribution >= 4 is 17.6 Å². The van der Waals surface area contributed by atoms with Crippen LogP contribution in [-0.4, -0.2) is 54.4 Å². The highest BCUT2D eigenvalue weighted by molar-refractivity contribution is 5.94. The van der Waals surface area contributed by atoms with Crippen molar-refractivity contribution in [2.45, 2.75) is 33.6 Å². The molecule has 0 aliphatic carbocycles. The van der Waals surface area contributed by atoms with E-state index in [0.717, 1.165) is 30.2 Å². The SMILES string of the molecule is Cc1cc(C)c(N2CCN(C(=O)c3ccc([C@@H]4C(=O)NCC4C)cc3)CC2)nc1C. The second kappa shape index (κ2) is 8.09. The highest BCUT2D eigenvalue weighted by Crippen LogP contribution is 2.29. The van der Waals surface area contributed by atoms with Gasteiger partial charge in [-0.05, 0) is 55.5 Å². The minimum atomic E-state index is -0.119. The summed E-state index contributed by atoms with van der Waals surface area (Å²) in [6.45, 7) is 11.9. The number of aromatic nitrogens is 1. The Morgan fingerprint density at radius 3 is 2.30 bits per heavy atom. The van der Waals surface area contributed by atoms with Crippen LogP contribution in [0.2, 0.25) is 0 Å². The number of anilines is 1. The Morgan fingerprint density at radius 1 is 1.03 bits per heavy atom. The number of aryl methyl sites for hydroxylation is 3. The highest BCUT2D eigenvalue weighted by atomic mass is 16.2. The van der Waals surface area contributed by atoms with Crippen LogP contribution in [-0.2, 0) is 4.79 Å². The molecule has 158 valence electrons. The molecule has 2 fully saturated rings. The fourth-order valence-electron chi connectivity index (χ4n) is 4.51. The van der Waals surface area contributed by atoms with Crippen molar-refractivity contribution < 1.29 is 9.59 Å². The molecule has 0 radical (unpaired) electrons. The summed E-state index contributed by atoms with van der Waals surface area (Å²) in [6, 6.07) is 9.76. The normalized spacial score (nSPS) is 21.7. The molecule has 30 heavy (non-hydrogen) atoms. The Balaban J connectivity index is 1.41. The lowest BCUT2D eigenvalue weighted by atomic mass is 9.89. The molecule has 2 saturated heterocycles. The van der Waals surface area contributed by atoms with Crippen molar-refractivity contribution in [3.63, 3.8) is 0 Å². The number of nitrogens with one attached hydrogen (secondary N) is 1. The number of rotatable bonds is 3. The monoisotopic (exact) mass is 406 g/mol. The molecular weight excluding hydrogens is 376 g/mol. The number of hydrogen-bond donors (Lipinski definition) is 1. The lowest BCUT2D eigenvalue weighted by molar-refractivity contribution is -0.120. The average molecular weight is 407 g/mol. The number of benzene rings is 1. The van der Waals surface area contributed by atoms with Gasteiger partial charge < -0.3 is 15.1 Å². The number of carbonyl (C=O) groups excluding carboxylic acids is 2. The first-order valence-corrected chi connectivity index (χ1v) is 10.7. The third-order valence-corrected chi connectivity index (χ3v) is 6.46. The van der Waals surface area contributed by atoms with Crippen LogP contribution in [0, 0.1) is 26.7 Å². The zero-order chi connectivity index (χ0) is 21.4. The van der Waals surface area contributed by atoms with Gasteiger partial charge in [0.1, 0.15) is 5.82 Å². The first kappa shape index (κ1) is 20.4. The smallest absolute Gasteiger partial charge is 0.253 e. The Kier molecular flexibility index (Phi) is 5.50. The van der Waals surface area contributed by atoms with Crippen molar-refractivity contribution in [2.24, 2.45) is 5.92 Å². The summed E-state index contributed by atoms with van der Waals surface area (Å²) in [5.74, 6) is 1.31. The van der Waals surface area contributed by atoms with Gasteiger partial charge in [-0.15, -0.1) is 0 Å². The molecule has 0 spiro atoms. The Labute approximate surface area is 178 Å². The van der Waals surface area contributed by atoms with Gasteiger partial charge in [0.2, 0.25) is 5.91 Å². The van der Waals surface area contributed by atoms with Gasteiger partial charge in [-0.1, -0.05) is 25.1 Å². The number of carbonyl (C=O) groups is 2. The first-order valence-electron chi connectivity index (χ1n) is 10.7. The van der Waals surface area contributed by atoms with Crippen LogP contribution in [0.4, 0.5) is 5.82 Å². The van der Waals surface area contributed by atoms with Gasteiger partial charge in [-0.2, -0.15) is 0 Å². The van der Waals surface area contributed by atoms with Gasteiger partial charge in [-0.3, -0.25) is 9.59 Å². The van der Waals surface area contributed by atoms with Crippen molar-refractivity contribution in [1.29, 1.82) is 0 Å². The molecule has 2 amide bonds. The van der Waals surface area contributed by atoms with Crippen LogP contribution < -0.4 is 10.2 Å². The van der Waals surface area contributed by atoms with Gasteiger partial charge in [0, 0.05) is 44.0 Å². The van der Waals surface area contributed by atoms with E-state index < -0.39 is 0 Å². The van der Waals surface area contributed by atoms with Crippen LogP contribution in [0.5, 0.6) is 0 Å². The predicted octanol–water partition coefficient (Wildman–Crippen LogP) is 2.82. The van der Waals surface area contributed by atoms with E-state index in [-0.39, 0.29) is 23.7 Å². The maximum absolute atomic E-state index is 13.0. The standard InChI is InChI=1S/C24H30N4O2/c1-15-13-16(2)22(26-18(15)4)27-9-11-28(12-10-27)24(30)20-7-5-19(6-8-20)21-17(3)14-25-23(21)29/h5-8,13,17,21H,9-12,14H2,1-4H3,(H,25,29)/t17?,21-/m1/s1. The van der Waals surface area contributed by atoms with Crippen LogP contribution in [0.3, 0.4) is 0 Å². The Morgan fingerprint density at radius 2 is 1.70 bits per heavy atom. The summed E-state index contributed by atoms with van der Waals surface area (Å²) in [5.41, 5.74) is 5.10. The summed E-state index contributed by atoms with van der Waals surface area (Å²) in [7, 11) is 0. The van der Waals surface area contributed by atoms with Crippen LogP contribution in [0.25, 0.3) is 0 Å². The number of nitrogens with zero attached hydrogens (tertiary/aromatic N) is 3. The van der Waals surface area contributed by atoms with Crippen LogP contribution >= 0.6 is 0 Å². The van der Waals surface area contributed by atoms with Gasteiger partial charge >= 0.3 is 0 Å². The molecule has 1 N–H and O–H groups in total. The van der Waals surface area contributed by atoms with E-state index in [9.17, 15) is 9.59 Å². The Bertz CT molecular complexity index is 962. The lowest BCUT2D eigenvalue weighted by Crippen LogP contribution is -2.49. The van der Waals surface area contributed by atoms with E-state index in [1.54, 1.807) is 0 Å². The van der Waals surface area contributed by atoms with E-state index in [0.29, 0.717) is 25.2 Å². The molecule has 1 unspecified atom stereocenters. The third kappa shape index (κ3) is 3.78. The molecular formula is C24H30N4O2. The second-order valence-electron chi connectivity index (χ2n) is 8.63. The molecule has 3 heterocycles. The summed E-state index contributed by atoms with van der Waals surface area (Å²) >= 11 is 0. The van der Waals surface area contributed by atoms with Crippen LogP contribution in [0.1, 0.15) is 45.6 Å². The van der Waals surface area contributed by atoms with Crippen molar-refractivity contribution in [1.82, 2.24) is 15.2 Å². The summed E-state index contributed by atoms with van der Waals surface area (Å²) < 4.78 is 0. The molecule has 2 aromatic rings. The first-order chi connectivity index (χ1) is 14.3. The van der Waals surface area contributed by atoms with Gasteiger partial charge in [0.15, 0.2) is 0 Å². The fraction of sp³-hybridized carbons (Fsp3) is 0.458. The van der Waals surface area contributed by atoms with E-state index in [2.05, 4.69) is 37.1 Å². The zero-order valence-corrected chi connectivity index (χ0v) is 18.2. The van der Waals surface area contributed by atoms with Gasteiger partial charge in [0.25, 0.3) is 5.91 Å². The molecule has 1 aromatic heterocycles. The van der Waals surface area contributed by atoms with Crippen molar-refractivity contribution in [3.8, 4) is 0 Å². The molecule has 4 rings (SSSR count).